The monoisotopic (exact) mass is 369 g/mol. The summed E-state index contributed by atoms with van der Waals surface area (Å²) in [7, 11) is -2.04. The Hall–Kier alpha value is -2.20. The molecule has 0 unspecified atom stereocenters. The molecule has 2 aromatic carbocycles. The van der Waals surface area contributed by atoms with Gasteiger partial charge in [-0.2, -0.15) is 5.06 Å². The van der Waals surface area contributed by atoms with Crippen molar-refractivity contribution in [2.24, 2.45) is 5.92 Å². The topological polar surface area (TPSA) is 55.8 Å². The van der Waals surface area contributed by atoms with E-state index in [9.17, 15) is 9.36 Å². The Morgan fingerprint density at radius 3 is 2.12 bits per heavy atom. The lowest BCUT2D eigenvalue weighted by atomic mass is 10.0. The maximum Gasteiger partial charge on any atom is 0.326 e. The van der Waals surface area contributed by atoms with Crippen LogP contribution in [0, 0.1) is 5.92 Å². The first kappa shape index (κ1) is 17.2. The molecule has 0 aromatic heterocycles. The molecular weight excluding hydrogens is 349 g/mol. The molecule has 1 aliphatic carbocycles. The molecule has 0 N–H and O–H groups in total. The average Bonchev–Trinajstić information content (AvgIpc) is 3.30. The molecule has 1 saturated heterocycles. The first-order valence-electron chi connectivity index (χ1n) is 8.59. The van der Waals surface area contributed by atoms with Gasteiger partial charge in [0.1, 0.15) is 6.04 Å². The van der Waals surface area contributed by atoms with Crippen molar-refractivity contribution in [3.8, 4) is 0 Å². The van der Waals surface area contributed by atoms with Crippen molar-refractivity contribution in [3.63, 3.8) is 0 Å². The summed E-state index contributed by atoms with van der Waals surface area (Å²) in [5.74, 6) is -0.345. The van der Waals surface area contributed by atoms with Crippen LogP contribution >= 0.6 is 7.37 Å². The zero-order valence-electron chi connectivity index (χ0n) is 14.4. The van der Waals surface area contributed by atoms with Gasteiger partial charge >= 0.3 is 5.97 Å². The minimum atomic E-state index is -3.41. The van der Waals surface area contributed by atoms with Crippen LogP contribution in [0.5, 0.6) is 0 Å². The van der Waals surface area contributed by atoms with Crippen molar-refractivity contribution in [1.82, 2.24) is 5.06 Å². The largest absolute Gasteiger partial charge is 0.468 e. The fourth-order valence-electron chi connectivity index (χ4n) is 3.66. The van der Waals surface area contributed by atoms with Crippen LogP contribution in [0.25, 0.3) is 0 Å². The Morgan fingerprint density at radius 2 is 1.58 bits per heavy atom. The Morgan fingerprint density at radius 1 is 1.00 bits per heavy atom. The molecule has 134 valence electrons. The Kier molecular flexibility index (Phi) is 4.53. The normalized spacial score (nSPS) is 24.7. The maximum atomic E-state index is 14.1. The number of carbonyl (C=O) groups excluding carboxylic acids is 1. The molecule has 2 aliphatic rings. The van der Waals surface area contributed by atoms with Gasteiger partial charge in [0.15, 0.2) is 0 Å². The Balaban J connectivity index is 1.75. The lowest BCUT2D eigenvalue weighted by Crippen LogP contribution is -2.45. The highest BCUT2D eigenvalue weighted by atomic mass is 31.2. The lowest BCUT2D eigenvalue weighted by Gasteiger charge is -2.33. The summed E-state index contributed by atoms with van der Waals surface area (Å²) in [5.41, 5.74) is 0. The summed E-state index contributed by atoms with van der Waals surface area (Å²) in [6.45, 7) is 0. The van der Waals surface area contributed by atoms with Crippen LogP contribution in [0.4, 0.5) is 0 Å². The summed E-state index contributed by atoms with van der Waals surface area (Å²) < 4.78 is 25.2. The summed E-state index contributed by atoms with van der Waals surface area (Å²) in [4.78, 5) is 12.3. The highest BCUT2D eigenvalue weighted by Gasteiger charge is 2.51. The van der Waals surface area contributed by atoms with E-state index in [-0.39, 0.29) is 17.9 Å². The standard InChI is InChI=1S/C20H20NO4P/c1-24-20(22)19-15-12-13-16(14-15)21(19)25-26(23,17-8-4-2-5-9-17)18-10-6-3-7-11-18/h2-13,15-16,19H,14H2,1H3/t15-,16+,19-/m1/s1. The highest BCUT2D eigenvalue weighted by Crippen LogP contribution is 2.50. The molecule has 26 heavy (non-hydrogen) atoms. The molecule has 3 atom stereocenters. The fraction of sp³-hybridized carbons (Fsp3) is 0.250. The molecule has 1 heterocycles. The molecule has 0 amide bonds. The molecule has 1 aliphatic heterocycles. The van der Waals surface area contributed by atoms with Gasteiger partial charge in [-0.1, -0.05) is 48.6 Å². The Labute approximate surface area is 152 Å². The van der Waals surface area contributed by atoms with Crippen molar-refractivity contribution >= 4 is 23.9 Å². The summed E-state index contributed by atoms with van der Waals surface area (Å²) >= 11 is 0. The number of rotatable bonds is 5. The zero-order valence-corrected chi connectivity index (χ0v) is 15.3. The average molecular weight is 369 g/mol. The van der Waals surface area contributed by atoms with E-state index in [1.54, 1.807) is 29.3 Å². The van der Waals surface area contributed by atoms with E-state index in [1.165, 1.54) is 7.11 Å². The second-order valence-corrected chi connectivity index (χ2v) is 8.78. The SMILES string of the molecule is COC(=O)[C@H]1[C@@H]2C=C[C@@H](C2)N1OP(=O)(c1ccccc1)c1ccccc1. The number of methoxy groups -OCH3 is 1. The number of esters is 1. The molecular formula is C20H20NO4P. The molecule has 5 nitrogen and oxygen atoms in total. The van der Waals surface area contributed by atoms with Gasteiger partial charge in [0.05, 0.1) is 13.2 Å². The minimum Gasteiger partial charge on any atom is -0.468 e. The Bertz CT molecular complexity index is 824. The van der Waals surface area contributed by atoms with Crippen molar-refractivity contribution in [2.75, 3.05) is 7.11 Å². The number of ether oxygens (including phenoxy) is 1. The van der Waals surface area contributed by atoms with Crippen LogP contribution in [0.15, 0.2) is 72.8 Å². The van der Waals surface area contributed by atoms with Gasteiger partial charge in [-0.15, -0.1) is 0 Å². The first-order chi connectivity index (χ1) is 12.6. The van der Waals surface area contributed by atoms with E-state index < -0.39 is 13.4 Å². The number of benzene rings is 2. The van der Waals surface area contributed by atoms with Gasteiger partial charge in [0.2, 0.25) is 0 Å². The third kappa shape index (κ3) is 2.82. The molecule has 6 heteroatoms. The van der Waals surface area contributed by atoms with Gasteiger partial charge in [-0.3, -0.25) is 9.36 Å². The molecule has 4 rings (SSSR count). The van der Waals surface area contributed by atoms with Gasteiger partial charge in [0, 0.05) is 16.5 Å². The van der Waals surface area contributed by atoms with E-state index in [4.69, 9.17) is 9.36 Å². The van der Waals surface area contributed by atoms with Crippen LogP contribution < -0.4 is 10.6 Å². The van der Waals surface area contributed by atoms with Crippen LogP contribution in [-0.2, 0) is 18.7 Å². The van der Waals surface area contributed by atoms with Gasteiger partial charge < -0.3 is 4.74 Å². The zero-order chi connectivity index (χ0) is 18.1. The first-order valence-corrected chi connectivity index (χ1v) is 10.2. The van der Waals surface area contributed by atoms with Gasteiger partial charge in [0.25, 0.3) is 7.37 Å². The molecule has 0 spiro atoms. The predicted octanol–water partition coefficient (Wildman–Crippen LogP) is 2.65. The molecule has 0 saturated carbocycles. The summed E-state index contributed by atoms with van der Waals surface area (Å²) in [6, 6.07) is 17.6. The number of hydrogen-bond donors (Lipinski definition) is 0. The number of nitrogens with zero attached hydrogens (tertiary/aromatic N) is 1. The van der Waals surface area contributed by atoms with Crippen LogP contribution in [0.2, 0.25) is 0 Å². The predicted molar refractivity (Wildman–Crippen MR) is 99.5 cm³/mol. The number of carbonyl (C=O) groups is 1. The van der Waals surface area contributed by atoms with E-state index in [0.29, 0.717) is 10.6 Å². The van der Waals surface area contributed by atoms with E-state index in [2.05, 4.69) is 0 Å². The van der Waals surface area contributed by atoms with Crippen molar-refractivity contribution in [1.29, 1.82) is 0 Å². The molecule has 2 aromatic rings. The van der Waals surface area contributed by atoms with Crippen LogP contribution in [0.3, 0.4) is 0 Å². The van der Waals surface area contributed by atoms with Crippen molar-refractivity contribution in [3.05, 3.63) is 72.8 Å². The summed E-state index contributed by atoms with van der Waals surface area (Å²) in [6.07, 6.45) is 4.79. The number of hydroxylamine groups is 2. The van der Waals surface area contributed by atoms with E-state index in [1.807, 2.05) is 48.6 Å². The van der Waals surface area contributed by atoms with Crippen molar-refractivity contribution in [2.45, 2.75) is 18.5 Å². The van der Waals surface area contributed by atoms with Gasteiger partial charge in [-0.05, 0) is 30.7 Å². The second kappa shape index (κ2) is 6.84. The third-order valence-corrected chi connectivity index (χ3v) is 7.32. The summed E-state index contributed by atoms with van der Waals surface area (Å²) in [5, 5.41) is 2.78. The van der Waals surface area contributed by atoms with Crippen LogP contribution in [-0.4, -0.2) is 30.2 Å². The second-order valence-electron chi connectivity index (χ2n) is 6.48. The quantitative estimate of drug-likeness (QED) is 0.461. The smallest absolute Gasteiger partial charge is 0.326 e. The minimum absolute atomic E-state index is 0.0208. The fourth-order valence-corrected chi connectivity index (χ4v) is 5.76. The lowest BCUT2D eigenvalue weighted by molar-refractivity contribution is -0.163. The third-order valence-electron chi connectivity index (χ3n) is 4.94. The van der Waals surface area contributed by atoms with Crippen molar-refractivity contribution < 1.29 is 18.7 Å². The van der Waals surface area contributed by atoms with Gasteiger partial charge in [-0.25, -0.2) is 4.62 Å². The highest BCUT2D eigenvalue weighted by molar-refractivity contribution is 7.74. The number of fused-ring (bicyclic) bond motifs is 2. The molecule has 0 radical (unpaired) electrons. The molecule has 1 fully saturated rings. The van der Waals surface area contributed by atoms with E-state index >= 15 is 0 Å². The number of hydrogen-bond acceptors (Lipinski definition) is 5. The van der Waals surface area contributed by atoms with Crippen LogP contribution in [0.1, 0.15) is 6.42 Å². The van der Waals surface area contributed by atoms with E-state index in [0.717, 1.165) is 6.42 Å². The maximum absolute atomic E-state index is 14.1. The molecule has 2 bridgehead atoms.